The molecule has 0 spiro atoms. The monoisotopic (exact) mass is 238 g/mol. The highest BCUT2D eigenvalue weighted by Gasteiger charge is 2.52. The molecular weight excluding hydrogens is 208 g/mol. The van der Waals surface area contributed by atoms with Crippen LogP contribution in [0.2, 0.25) is 0 Å². The summed E-state index contributed by atoms with van der Waals surface area (Å²) in [5.41, 5.74) is 0.441. The average molecular weight is 238 g/mol. The highest BCUT2D eigenvalue weighted by molar-refractivity contribution is 5.02. The lowest BCUT2D eigenvalue weighted by Crippen LogP contribution is -2.44. The standard InChI is InChI=1S/C16H30O/c1-11-9-12(2)13-7-8-14(16(13,6)10-11)17-15(3,4)5/h11-14H,7-10H2,1-6H3/t11-,12+,13-,14-,16-/m1/s1. The van der Waals surface area contributed by atoms with Crippen molar-refractivity contribution in [2.24, 2.45) is 23.2 Å². The number of ether oxygens (including phenoxy) is 1. The molecule has 2 saturated carbocycles. The van der Waals surface area contributed by atoms with Crippen LogP contribution < -0.4 is 0 Å². The van der Waals surface area contributed by atoms with Crippen molar-refractivity contribution in [2.75, 3.05) is 0 Å². The summed E-state index contributed by atoms with van der Waals surface area (Å²) in [5, 5.41) is 0. The van der Waals surface area contributed by atoms with Gasteiger partial charge in [-0.1, -0.05) is 20.8 Å². The van der Waals surface area contributed by atoms with Gasteiger partial charge in [-0.3, -0.25) is 0 Å². The second-order valence-corrected chi connectivity index (χ2v) is 7.93. The van der Waals surface area contributed by atoms with Crippen molar-refractivity contribution < 1.29 is 4.74 Å². The van der Waals surface area contributed by atoms with E-state index in [1.165, 1.54) is 25.7 Å². The Bertz CT molecular complexity index is 278. The molecule has 2 aliphatic rings. The first-order valence-electron chi connectivity index (χ1n) is 7.40. The Balaban J connectivity index is 2.16. The summed E-state index contributed by atoms with van der Waals surface area (Å²) in [6.45, 7) is 14.0. The zero-order valence-corrected chi connectivity index (χ0v) is 12.5. The summed E-state index contributed by atoms with van der Waals surface area (Å²) in [5.74, 6) is 2.65. The number of rotatable bonds is 1. The van der Waals surface area contributed by atoms with E-state index in [9.17, 15) is 0 Å². The SMILES string of the molecule is C[C@@H]1C[C@H](C)[C@H]2CC[C@@H](OC(C)(C)C)[C@]2(C)C1. The minimum Gasteiger partial charge on any atom is -0.372 e. The average Bonchev–Trinajstić information content (AvgIpc) is 2.40. The van der Waals surface area contributed by atoms with Gasteiger partial charge in [-0.15, -0.1) is 0 Å². The Morgan fingerprint density at radius 3 is 2.35 bits per heavy atom. The number of fused-ring (bicyclic) bond motifs is 1. The lowest BCUT2D eigenvalue weighted by atomic mass is 9.61. The van der Waals surface area contributed by atoms with E-state index in [1.807, 2.05) is 0 Å². The predicted octanol–water partition coefficient (Wildman–Crippen LogP) is 4.65. The Morgan fingerprint density at radius 2 is 1.76 bits per heavy atom. The summed E-state index contributed by atoms with van der Waals surface area (Å²) in [7, 11) is 0. The van der Waals surface area contributed by atoms with Crippen molar-refractivity contribution >= 4 is 0 Å². The fraction of sp³-hybridized carbons (Fsp3) is 1.00. The third-order valence-electron chi connectivity index (χ3n) is 5.07. The van der Waals surface area contributed by atoms with Crippen LogP contribution in [0.5, 0.6) is 0 Å². The first-order valence-corrected chi connectivity index (χ1v) is 7.40. The van der Waals surface area contributed by atoms with Gasteiger partial charge in [-0.2, -0.15) is 0 Å². The van der Waals surface area contributed by atoms with Crippen LogP contribution >= 0.6 is 0 Å². The third-order valence-corrected chi connectivity index (χ3v) is 5.07. The van der Waals surface area contributed by atoms with E-state index in [4.69, 9.17) is 4.74 Å². The number of hydrogen-bond acceptors (Lipinski definition) is 1. The van der Waals surface area contributed by atoms with Crippen LogP contribution in [0.25, 0.3) is 0 Å². The maximum absolute atomic E-state index is 6.37. The normalized spacial score (nSPS) is 46.9. The first-order chi connectivity index (χ1) is 7.72. The number of hydrogen-bond donors (Lipinski definition) is 0. The molecule has 0 unspecified atom stereocenters. The Labute approximate surface area is 107 Å². The van der Waals surface area contributed by atoms with E-state index >= 15 is 0 Å². The van der Waals surface area contributed by atoms with Gasteiger partial charge in [0.05, 0.1) is 11.7 Å². The van der Waals surface area contributed by atoms with Crippen molar-refractivity contribution in [2.45, 2.75) is 78.9 Å². The summed E-state index contributed by atoms with van der Waals surface area (Å²) < 4.78 is 6.37. The molecule has 0 radical (unpaired) electrons. The molecule has 17 heavy (non-hydrogen) atoms. The molecule has 0 N–H and O–H groups in total. The Hall–Kier alpha value is -0.0400. The van der Waals surface area contributed by atoms with Crippen LogP contribution in [0.15, 0.2) is 0 Å². The molecule has 2 aliphatic carbocycles. The van der Waals surface area contributed by atoms with Gasteiger partial charge in [-0.25, -0.2) is 0 Å². The molecule has 0 saturated heterocycles. The van der Waals surface area contributed by atoms with Crippen molar-refractivity contribution in [1.82, 2.24) is 0 Å². The topological polar surface area (TPSA) is 9.23 Å². The Kier molecular flexibility index (Phi) is 3.36. The summed E-state index contributed by atoms with van der Waals surface area (Å²) in [4.78, 5) is 0. The molecule has 0 bridgehead atoms. The molecule has 5 atom stereocenters. The van der Waals surface area contributed by atoms with Gasteiger partial charge in [0.2, 0.25) is 0 Å². The summed E-state index contributed by atoms with van der Waals surface area (Å²) in [6.07, 6.45) is 5.92. The molecule has 0 aliphatic heterocycles. The van der Waals surface area contributed by atoms with Crippen LogP contribution in [0, 0.1) is 23.2 Å². The molecule has 0 heterocycles. The first kappa shape index (κ1) is 13.4. The van der Waals surface area contributed by atoms with E-state index in [1.54, 1.807) is 0 Å². The lowest BCUT2D eigenvalue weighted by Gasteiger charge is -2.47. The van der Waals surface area contributed by atoms with Gasteiger partial charge in [0.15, 0.2) is 0 Å². The van der Waals surface area contributed by atoms with Crippen molar-refractivity contribution in [3.63, 3.8) is 0 Å². The zero-order valence-electron chi connectivity index (χ0n) is 12.5. The molecule has 2 rings (SSSR count). The molecule has 0 aromatic carbocycles. The largest absolute Gasteiger partial charge is 0.372 e. The highest BCUT2D eigenvalue weighted by Crippen LogP contribution is 2.57. The van der Waals surface area contributed by atoms with Crippen molar-refractivity contribution in [1.29, 1.82) is 0 Å². The van der Waals surface area contributed by atoms with Crippen LogP contribution in [0.1, 0.15) is 67.2 Å². The molecule has 100 valence electrons. The second kappa shape index (κ2) is 4.26. The van der Waals surface area contributed by atoms with Gasteiger partial charge in [0, 0.05) is 0 Å². The maximum atomic E-state index is 6.37. The fourth-order valence-corrected chi connectivity index (χ4v) is 4.70. The fourth-order valence-electron chi connectivity index (χ4n) is 4.70. The Morgan fingerprint density at radius 1 is 1.12 bits per heavy atom. The zero-order chi connectivity index (χ0) is 12.8. The molecule has 0 amide bonds. The molecule has 2 fully saturated rings. The second-order valence-electron chi connectivity index (χ2n) is 7.93. The van der Waals surface area contributed by atoms with Crippen molar-refractivity contribution in [3.8, 4) is 0 Å². The van der Waals surface area contributed by atoms with Gasteiger partial charge in [-0.05, 0) is 69.6 Å². The minimum atomic E-state index is 0.00644. The van der Waals surface area contributed by atoms with Crippen LogP contribution in [-0.4, -0.2) is 11.7 Å². The third kappa shape index (κ3) is 2.54. The molecule has 0 aromatic heterocycles. The van der Waals surface area contributed by atoms with Crippen LogP contribution in [0.3, 0.4) is 0 Å². The smallest absolute Gasteiger partial charge is 0.0638 e. The molecule has 1 nitrogen and oxygen atoms in total. The van der Waals surface area contributed by atoms with Gasteiger partial charge < -0.3 is 4.74 Å². The highest BCUT2D eigenvalue weighted by atomic mass is 16.5. The lowest BCUT2D eigenvalue weighted by molar-refractivity contribution is -0.127. The van der Waals surface area contributed by atoms with E-state index in [0.29, 0.717) is 11.5 Å². The van der Waals surface area contributed by atoms with Gasteiger partial charge >= 0.3 is 0 Å². The van der Waals surface area contributed by atoms with E-state index < -0.39 is 0 Å². The van der Waals surface area contributed by atoms with Crippen molar-refractivity contribution in [3.05, 3.63) is 0 Å². The summed E-state index contributed by atoms with van der Waals surface area (Å²) in [6, 6.07) is 0. The minimum absolute atomic E-state index is 0.00644. The summed E-state index contributed by atoms with van der Waals surface area (Å²) >= 11 is 0. The van der Waals surface area contributed by atoms with E-state index in [0.717, 1.165) is 17.8 Å². The molecule has 0 aromatic rings. The van der Waals surface area contributed by atoms with E-state index in [2.05, 4.69) is 41.5 Å². The van der Waals surface area contributed by atoms with Gasteiger partial charge in [0.25, 0.3) is 0 Å². The quantitative estimate of drug-likeness (QED) is 0.646. The predicted molar refractivity (Wildman–Crippen MR) is 73.0 cm³/mol. The van der Waals surface area contributed by atoms with Gasteiger partial charge in [0.1, 0.15) is 0 Å². The van der Waals surface area contributed by atoms with Crippen LogP contribution in [0.4, 0.5) is 0 Å². The van der Waals surface area contributed by atoms with E-state index in [-0.39, 0.29) is 5.60 Å². The maximum Gasteiger partial charge on any atom is 0.0638 e. The molecular formula is C16H30O. The van der Waals surface area contributed by atoms with Crippen LogP contribution in [-0.2, 0) is 4.74 Å². The molecule has 1 heteroatoms.